The molecule has 1 amide bonds. The second-order valence-electron chi connectivity index (χ2n) is 5.80. The van der Waals surface area contributed by atoms with Crippen LogP contribution in [0, 0.1) is 18.7 Å². The van der Waals surface area contributed by atoms with Crippen molar-refractivity contribution >= 4 is 17.5 Å². The number of hydrogen-bond donors (Lipinski definition) is 0. The molecule has 0 spiro atoms. The summed E-state index contributed by atoms with van der Waals surface area (Å²) in [6, 6.07) is 4.16. The van der Waals surface area contributed by atoms with Crippen LogP contribution in [0.25, 0.3) is 0 Å². The fraction of sp³-hybridized carbons (Fsp3) is 0.438. The molecule has 23 heavy (non-hydrogen) atoms. The molecule has 0 unspecified atom stereocenters. The van der Waals surface area contributed by atoms with Crippen LogP contribution in [0.1, 0.15) is 34.9 Å². The van der Waals surface area contributed by atoms with E-state index in [9.17, 15) is 9.18 Å². The molecule has 122 valence electrons. The minimum absolute atomic E-state index is 0.0238. The van der Waals surface area contributed by atoms with Gasteiger partial charge in [0.2, 0.25) is 5.89 Å². The van der Waals surface area contributed by atoms with E-state index in [1.54, 1.807) is 17.9 Å². The molecule has 3 rings (SSSR count). The number of aromatic nitrogens is 2. The van der Waals surface area contributed by atoms with Crippen LogP contribution in [-0.4, -0.2) is 34.0 Å². The summed E-state index contributed by atoms with van der Waals surface area (Å²) in [7, 11) is 0. The maximum absolute atomic E-state index is 13.5. The Kier molecular flexibility index (Phi) is 4.61. The van der Waals surface area contributed by atoms with E-state index < -0.39 is 5.82 Å². The van der Waals surface area contributed by atoms with Crippen molar-refractivity contribution < 1.29 is 13.7 Å². The number of benzene rings is 1. The van der Waals surface area contributed by atoms with Gasteiger partial charge in [-0.2, -0.15) is 4.98 Å². The summed E-state index contributed by atoms with van der Waals surface area (Å²) in [4.78, 5) is 18.4. The van der Waals surface area contributed by atoms with Gasteiger partial charge in [0.05, 0.1) is 5.02 Å². The lowest BCUT2D eigenvalue weighted by molar-refractivity contribution is 0.0689. The van der Waals surface area contributed by atoms with Crippen LogP contribution in [0.3, 0.4) is 0 Å². The molecular formula is C16H17ClFN3O2. The number of hydrogen-bond acceptors (Lipinski definition) is 4. The molecule has 0 radical (unpaired) electrons. The largest absolute Gasteiger partial charge is 0.340 e. The lowest BCUT2D eigenvalue weighted by atomic mass is 9.93. The zero-order valence-electron chi connectivity index (χ0n) is 12.8. The molecule has 1 aliphatic rings. The molecule has 2 aromatic rings. The second kappa shape index (κ2) is 6.66. The summed E-state index contributed by atoms with van der Waals surface area (Å²) in [5.74, 6) is 0.983. The third-order valence-corrected chi connectivity index (χ3v) is 4.42. The van der Waals surface area contributed by atoms with Crippen LogP contribution in [0.15, 0.2) is 22.7 Å². The first-order valence-corrected chi connectivity index (χ1v) is 7.94. The molecule has 1 aromatic carbocycles. The molecule has 2 heterocycles. The van der Waals surface area contributed by atoms with E-state index in [1.807, 2.05) is 0 Å². The Bertz CT molecular complexity index is 711. The number of carbonyl (C=O) groups excluding carboxylic acids is 1. The summed E-state index contributed by atoms with van der Waals surface area (Å²) >= 11 is 5.65. The zero-order valence-corrected chi connectivity index (χ0v) is 13.5. The van der Waals surface area contributed by atoms with Crippen LogP contribution in [0.5, 0.6) is 0 Å². The average Bonchev–Trinajstić information content (AvgIpc) is 2.95. The molecule has 0 N–H and O–H groups in total. The minimum atomic E-state index is -0.570. The Morgan fingerprint density at radius 2 is 2.17 bits per heavy atom. The van der Waals surface area contributed by atoms with E-state index >= 15 is 0 Å². The Morgan fingerprint density at radius 1 is 1.43 bits per heavy atom. The number of halogens is 2. The van der Waals surface area contributed by atoms with E-state index in [-0.39, 0.29) is 10.9 Å². The van der Waals surface area contributed by atoms with E-state index in [2.05, 4.69) is 10.1 Å². The molecule has 5 nitrogen and oxygen atoms in total. The normalized spacial score (nSPS) is 15.9. The summed E-state index contributed by atoms with van der Waals surface area (Å²) in [5, 5.41) is 3.93. The second-order valence-corrected chi connectivity index (χ2v) is 6.21. The summed E-state index contributed by atoms with van der Waals surface area (Å²) in [6.07, 6.45) is 2.50. The van der Waals surface area contributed by atoms with E-state index in [4.69, 9.17) is 16.1 Å². The molecule has 1 aromatic heterocycles. The topological polar surface area (TPSA) is 59.2 Å². The first kappa shape index (κ1) is 15.9. The highest BCUT2D eigenvalue weighted by Gasteiger charge is 2.25. The van der Waals surface area contributed by atoms with Crippen LogP contribution in [-0.2, 0) is 6.42 Å². The maximum Gasteiger partial charge on any atom is 0.253 e. The predicted molar refractivity (Wildman–Crippen MR) is 82.8 cm³/mol. The monoisotopic (exact) mass is 337 g/mol. The molecule has 0 bridgehead atoms. The van der Waals surface area contributed by atoms with Crippen LogP contribution < -0.4 is 0 Å². The molecule has 7 heteroatoms. The van der Waals surface area contributed by atoms with Crippen LogP contribution in [0.4, 0.5) is 4.39 Å². The van der Waals surface area contributed by atoms with Crippen molar-refractivity contribution in [3.05, 3.63) is 46.3 Å². The van der Waals surface area contributed by atoms with Crippen molar-refractivity contribution in [2.24, 2.45) is 5.92 Å². The quantitative estimate of drug-likeness (QED) is 0.862. The number of aryl methyl sites for hydroxylation is 1. The van der Waals surface area contributed by atoms with E-state index in [1.165, 1.54) is 12.1 Å². The highest BCUT2D eigenvalue weighted by Crippen LogP contribution is 2.23. The van der Waals surface area contributed by atoms with Gasteiger partial charge in [0.15, 0.2) is 5.82 Å². The first-order chi connectivity index (χ1) is 11.0. The van der Waals surface area contributed by atoms with Crippen molar-refractivity contribution in [2.75, 3.05) is 13.1 Å². The fourth-order valence-corrected chi connectivity index (χ4v) is 2.95. The number of rotatable bonds is 3. The van der Waals surface area contributed by atoms with Crippen molar-refractivity contribution in [3.63, 3.8) is 0 Å². The zero-order chi connectivity index (χ0) is 16.4. The van der Waals surface area contributed by atoms with Gasteiger partial charge in [-0.05, 0) is 37.0 Å². The van der Waals surface area contributed by atoms with Gasteiger partial charge in [-0.3, -0.25) is 4.79 Å². The van der Waals surface area contributed by atoms with Gasteiger partial charge >= 0.3 is 0 Å². The smallest absolute Gasteiger partial charge is 0.253 e. The SMILES string of the molecule is Cc1nc(CC2CCN(C(=O)c3ccc(Cl)c(F)c3)CC2)no1. The minimum Gasteiger partial charge on any atom is -0.340 e. The fourth-order valence-electron chi connectivity index (χ4n) is 2.83. The lowest BCUT2D eigenvalue weighted by Crippen LogP contribution is -2.39. The predicted octanol–water partition coefficient (Wildman–Crippen LogP) is 3.27. The third-order valence-electron chi connectivity index (χ3n) is 4.11. The van der Waals surface area contributed by atoms with Gasteiger partial charge in [0.25, 0.3) is 5.91 Å². The summed E-state index contributed by atoms with van der Waals surface area (Å²) < 4.78 is 18.5. The lowest BCUT2D eigenvalue weighted by Gasteiger charge is -2.31. The summed E-state index contributed by atoms with van der Waals surface area (Å²) in [6.45, 7) is 3.05. The van der Waals surface area contributed by atoms with E-state index in [0.29, 0.717) is 36.3 Å². The molecule has 0 atom stereocenters. The Balaban J connectivity index is 1.57. The van der Waals surface area contributed by atoms with E-state index in [0.717, 1.165) is 19.3 Å². The van der Waals surface area contributed by atoms with Gasteiger partial charge in [-0.25, -0.2) is 4.39 Å². The Morgan fingerprint density at radius 3 is 2.78 bits per heavy atom. The standard InChI is InChI=1S/C16H17ClFN3O2/c1-10-19-15(20-23-10)8-11-4-6-21(7-5-11)16(22)12-2-3-13(17)14(18)9-12/h2-3,9,11H,4-8H2,1H3. The van der Waals surface area contributed by atoms with Crippen molar-refractivity contribution in [2.45, 2.75) is 26.2 Å². The number of piperidine rings is 1. The van der Waals surface area contributed by atoms with Gasteiger partial charge in [0, 0.05) is 32.0 Å². The molecule has 0 saturated carbocycles. The molecular weight excluding hydrogens is 321 g/mol. The van der Waals surface area contributed by atoms with Crippen molar-refractivity contribution in [3.8, 4) is 0 Å². The van der Waals surface area contributed by atoms with Gasteiger partial charge < -0.3 is 9.42 Å². The average molecular weight is 338 g/mol. The number of carbonyl (C=O) groups is 1. The van der Waals surface area contributed by atoms with Crippen LogP contribution >= 0.6 is 11.6 Å². The highest BCUT2D eigenvalue weighted by molar-refractivity contribution is 6.30. The van der Waals surface area contributed by atoms with Gasteiger partial charge in [-0.1, -0.05) is 16.8 Å². The van der Waals surface area contributed by atoms with Gasteiger partial charge in [-0.15, -0.1) is 0 Å². The number of amides is 1. The third kappa shape index (κ3) is 3.69. The van der Waals surface area contributed by atoms with Crippen molar-refractivity contribution in [1.29, 1.82) is 0 Å². The first-order valence-electron chi connectivity index (χ1n) is 7.56. The Labute approximate surface area is 138 Å². The maximum atomic E-state index is 13.5. The number of nitrogens with zero attached hydrogens (tertiary/aromatic N) is 3. The number of likely N-dealkylation sites (tertiary alicyclic amines) is 1. The van der Waals surface area contributed by atoms with Crippen LogP contribution in [0.2, 0.25) is 5.02 Å². The molecule has 1 aliphatic heterocycles. The van der Waals surface area contributed by atoms with Gasteiger partial charge in [0.1, 0.15) is 5.82 Å². The molecule has 0 aliphatic carbocycles. The Hall–Kier alpha value is -1.95. The summed E-state index contributed by atoms with van der Waals surface area (Å²) in [5.41, 5.74) is 0.333. The molecule has 1 fully saturated rings. The molecule has 1 saturated heterocycles. The highest BCUT2D eigenvalue weighted by atomic mass is 35.5. The van der Waals surface area contributed by atoms with Crippen molar-refractivity contribution in [1.82, 2.24) is 15.0 Å².